The Morgan fingerprint density at radius 2 is 1.09 bits per heavy atom. The molecule has 0 spiro atoms. The van der Waals surface area contributed by atoms with Gasteiger partial charge in [-0.05, 0) is 24.8 Å². The number of nitrogens with zero attached hydrogens (tertiary/aromatic N) is 2. The molecule has 0 saturated heterocycles. The molecule has 1 aromatic heterocycles. The van der Waals surface area contributed by atoms with Crippen molar-refractivity contribution in [3.05, 3.63) is 54.1 Å². The van der Waals surface area contributed by atoms with Crippen LogP contribution in [0.1, 0.15) is 141 Å². The number of imidazole rings is 1. The SMILES string of the molecule is CCCCCCCCCCCCCCCCCn1cc[n+](Cc2ccccc2)c1CCCCC. The molecule has 0 saturated carbocycles. The highest BCUT2D eigenvalue weighted by Crippen LogP contribution is 2.14. The van der Waals surface area contributed by atoms with Crippen LogP contribution in [0, 0.1) is 0 Å². The largest absolute Gasteiger partial charge is 0.256 e. The normalized spacial score (nSPS) is 11.4. The van der Waals surface area contributed by atoms with Crippen molar-refractivity contribution in [2.45, 2.75) is 149 Å². The van der Waals surface area contributed by atoms with Crippen molar-refractivity contribution in [2.75, 3.05) is 0 Å². The highest BCUT2D eigenvalue weighted by molar-refractivity contribution is 5.13. The summed E-state index contributed by atoms with van der Waals surface area (Å²) in [6.07, 6.45) is 31.2. The third-order valence-electron chi connectivity index (χ3n) is 7.29. The number of aryl methyl sites for hydroxylation is 1. The van der Waals surface area contributed by atoms with E-state index >= 15 is 0 Å². The van der Waals surface area contributed by atoms with Gasteiger partial charge in [0.25, 0.3) is 5.82 Å². The number of hydrogen-bond acceptors (Lipinski definition) is 0. The topological polar surface area (TPSA) is 8.81 Å². The number of aromatic nitrogens is 2. The monoisotopic (exact) mass is 467 g/mol. The summed E-state index contributed by atoms with van der Waals surface area (Å²) in [4.78, 5) is 0. The molecule has 0 bridgehead atoms. The van der Waals surface area contributed by atoms with E-state index in [-0.39, 0.29) is 0 Å². The maximum atomic E-state index is 2.54. The van der Waals surface area contributed by atoms with Gasteiger partial charge in [-0.1, -0.05) is 140 Å². The van der Waals surface area contributed by atoms with Gasteiger partial charge in [0.2, 0.25) is 0 Å². The lowest BCUT2D eigenvalue weighted by Gasteiger charge is -2.06. The summed E-state index contributed by atoms with van der Waals surface area (Å²) in [7, 11) is 0. The van der Waals surface area contributed by atoms with E-state index in [2.05, 4.69) is 65.7 Å². The Kier molecular flexibility index (Phi) is 16.6. The first-order chi connectivity index (χ1) is 16.8. The van der Waals surface area contributed by atoms with Crippen LogP contribution in [0.15, 0.2) is 42.7 Å². The molecule has 0 unspecified atom stereocenters. The molecule has 0 aliphatic heterocycles. The van der Waals surface area contributed by atoms with Crippen molar-refractivity contribution in [3.63, 3.8) is 0 Å². The second-order valence-electron chi connectivity index (χ2n) is 10.4. The molecule has 2 aromatic rings. The molecule has 2 nitrogen and oxygen atoms in total. The molecule has 0 fully saturated rings. The van der Waals surface area contributed by atoms with Gasteiger partial charge in [-0.15, -0.1) is 0 Å². The lowest BCUT2D eigenvalue weighted by Crippen LogP contribution is -2.37. The Labute approximate surface area is 212 Å². The second-order valence-corrected chi connectivity index (χ2v) is 10.4. The van der Waals surface area contributed by atoms with Gasteiger partial charge in [-0.3, -0.25) is 0 Å². The van der Waals surface area contributed by atoms with Crippen LogP contribution in [-0.4, -0.2) is 4.57 Å². The highest BCUT2D eigenvalue weighted by atomic mass is 15.1. The van der Waals surface area contributed by atoms with Gasteiger partial charge in [0.1, 0.15) is 18.9 Å². The summed E-state index contributed by atoms with van der Waals surface area (Å²) in [5, 5.41) is 0. The van der Waals surface area contributed by atoms with Crippen LogP contribution in [0.4, 0.5) is 0 Å². The molecule has 1 aromatic carbocycles. The molecule has 192 valence electrons. The zero-order valence-corrected chi connectivity index (χ0v) is 22.8. The number of unbranched alkanes of at least 4 members (excludes halogenated alkanes) is 16. The van der Waals surface area contributed by atoms with Gasteiger partial charge in [0.15, 0.2) is 0 Å². The first-order valence-corrected chi connectivity index (χ1v) is 15.0. The summed E-state index contributed by atoms with van der Waals surface area (Å²) in [6, 6.07) is 10.9. The van der Waals surface area contributed by atoms with E-state index in [1.54, 1.807) is 0 Å². The van der Waals surface area contributed by atoms with Crippen LogP contribution < -0.4 is 4.57 Å². The molecule has 2 heteroatoms. The number of benzene rings is 1. The summed E-state index contributed by atoms with van der Waals surface area (Å²) in [6.45, 7) is 6.78. The van der Waals surface area contributed by atoms with Crippen molar-refractivity contribution in [1.29, 1.82) is 0 Å². The average molecular weight is 468 g/mol. The van der Waals surface area contributed by atoms with Crippen molar-refractivity contribution < 1.29 is 4.57 Å². The molecule has 0 N–H and O–H groups in total. The molecule has 0 radical (unpaired) electrons. The van der Waals surface area contributed by atoms with E-state index in [4.69, 9.17) is 0 Å². The first kappa shape index (κ1) is 28.7. The number of hydrogen-bond donors (Lipinski definition) is 0. The maximum absolute atomic E-state index is 2.54. The van der Waals surface area contributed by atoms with E-state index in [0.29, 0.717) is 0 Å². The van der Waals surface area contributed by atoms with Crippen LogP contribution in [0.25, 0.3) is 0 Å². The molecule has 34 heavy (non-hydrogen) atoms. The van der Waals surface area contributed by atoms with Crippen molar-refractivity contribution in [1.82, 2.24) is 4.57 Å². The summed E-state index contributed by atoms with van der Waals surface area (Å²) in [5.41, 5.74) is 1.40. The minimum absolute atomic E-state index is 0.994. The van der Waals surface area contributed by atoms with Crippen molar-refractivity contribution >= 4 is 0 Å². The highest BCUT2D eigenvalue weighted by Gasteiger charge is 2.16. The first-order valence-electron chi connectivity index (χ1n) is 15.0. The summed E-state index contributed by atoms with van der Waals surface area (Å²) >= 11 is 0. The van der Waals surface area contributed by atoms with Gasteiger partial charge in [0.05, 0.1) is 6.54 Å². The van der Waals surface area contributed by atoms with Crippen molar-refractivity contribution in [2.24, 2.45) is 0 Å². The average Bonchev–Trinajstić information content (AvgIpc) is 3.23. The van der Waals surface area contributed by atoms with Crippen LogP contribution >= 0.6 is 0 Å². The van der Waals surface area contributed by atoms with E-state index in [1.165, 1.54) is 140 Å². The Morgan fingerprint density at radius 3 is 1.65 bits per heavy atom. The van der Waals surface area contributed by atoms with Gasteiger partial charge < -0.3 is 0 Å². The zero-order valence-electron chi connectivity index (χ0n) is 22.8. The van der Waals surface area contributed by atoms with Gasteiger partial charge in [-0.2, -0.15) is 0 Å². The standard InChI is InChI=1S/C32H55N2/c1-3-5-7-8-9-10-11-12-13-14-15-16-17-18-23-27-33-28-29-34(32(33)26-20-6-4-2)30-31-24-21-19-22-25-31/h19,21-22,24-25,28-29H,3-18,20,23,26-27,30H2,1-2H3/q+1. The lowest BCUT2D eigenvalue weighted by atomic mass is 10.0. The van der Waals surface area contributed by atoms with Crippen LogP contribution in [0.3, 0.4) is 0 Å². The Balaban J connectivity index is 1.56. The maximum Gasteiger partial charge on any atom is 0.256 e. The van der Waals surface area contributed by atoms with E-state index in [9.17, 15) is 0 Å². The van der Waals surface area contributed by atoms with E-state index in [0.717, 1.165) is 6.54 Å². The van der Waals surface area contributed by atoms with Crippen LogP contribution in [0.5, 0.6) is 0 Å². The van der Waals surface area contributed by atoms with Crippen LogP contribution in [-0.2, 0) is 19.5 Å². The van der Waals surface area contributed by atoms with Crippen molar-refractivity contribution in [3.8, 4) is 0 Å². The molecule has 0 amide bonds. The van der Waals surface area contributed by atoms with Gasteiger partial charge in [-0.25, -0.2) is 9.13 Å². The molecule has 1 heterocycles. The second kappa shape index (κ2) is 19.7. The fraction of sp³-hybridized carbons (Fsp3) is 0.719. The smallest absolute Gasteiger partial charge is 0.234 e. The van der Waals surface area contributed by atoms with Gasteiger partial charge in [0, 0.05) is 6.42 Å². The van der Waals surface area contributed by atoms with E-state index in [1.807, 2.05) is 0 Å². The third-order valence-corrected chi connectivity index (χ3v) is 7.29. The van der Waals surface area contributed by atoms with Gasteiger partial charge >= 0.3 is 0 Å². The fourth-order valence-electron chi connectivity index (χ4n) is 5.10. The fourth-order valence-corrected chi connectivity index (χ4v) is 5.10. The summed E-state index contributed by atoms with van der Waals surface area (Å²) < 4.78 is 5.02. The van der Waals surface area contributed by atoms with Crippen LogP contribution in [0.2, 0.25) is 0 Å². The molecular weight excluding hydrogens is 412 g/mol. The number of rotatable bonds is 22. The predicted molar refractivity (Wildman–Crippen MR) is 148 cm³/mol. The molecule has 2 rings (SSSR count). The quantitative estimate of drug-likeness (QED) is 0.120. The van der Waals surface area contributed by atoms with E-state index < -0.39 is 0 Å². The Bertz CT molecular complexity index is 703. The Hall–Kier alpha value is -1.57. The molecule has 0 atom stereocenters. The lowest BCUT2D eigenvalue weighted by molar-refractivity contribution is -0.695. The minimum atomic E-state index is 0.994. The minimum Gasteiger partial charge on any atom is -0.234 e. The molecule has 0 aliphatic carbocycles. The third kappa shape index (κ3) is 12.8. The predicted octanol–water partition coefficient (Wildman–Crippen LogP) is 9.43. The summed E-state index contributed by atoms with van der Waals surface area (Å²) in [5.74, 6) is 1.52. The molecule has 0 aliphatic rings. The Morgan fingerprint density at radius 1 is 0.588 bits per heavy atom. The molecular formula is C32H55N2+. The zero-order chi connectivity index (χ0) is 24.1.